The molecule has 1 aromatic carbocycles. The van der Waals surface area contributed by atoms with Gasteiger partial charge in [-0.15, -0.1) is 5.54 Å². The van der Waals surface area contributed by atoms with Crippen molar-refractivity contribution < 1.29 is 9.53 Å². The van der Waals surface area contributed by atoms with Gasteiger partial charge < -0.3 is 10.5 Å². The first kappa shape index (κ1) is 21.5. The number of hydrogen-bond donors (Lipinski definition) is 1. The SMILES string of the molecule is CC(C)OC(=O)C(N)(CC(C)(C)C)c1ccc(C#C[Si](C)(C)C)cc1. The highest BCUT2D eigenvalue weighted by molar-refractivity contribution is 6.83. The summed E-state index contributed by atoms with van der Waals surface area (Å²) in [4.78, 5) is 12.7. The summed E-state index contributed by atoms with van der Waals surface area (Å²) >= 11 is 0. The highest BCUT2D eigenvalue weighted by atomic mass is 28.3. The second kappa shape index (κ2) is 7.76. The number of ether oxygens (including phenoxy) is 1. The zero-order valence-corrected chi connectivity index (χ0v) is 18.0. The van der Waals surface area contributed by atoms with Gasteiger partial charge in [-0.25, -0.2) is 4.79 Å². The Bertz CT molecular complexity index is 654. The molecule has 0 amide bonds. The van der Waals surface area contributed by atoms with Gasteiger partial charge in [0.2, 0.25) is 0 Å². The largest absolute Gasteiger partial charge is 0.461 e. The molecule has 0 spiro atoms. The predicted octanol–water partition coefficient (Wildman–Crippen LogP) is 4.46. The lowest BCUT2D eigenvalue weighted by molar-refractivity contribution is -0.156. The third-order valence-corrected chi connectivity index (χ3v) is 4.37. The summed E-state index contributed by atoms with van der Waals surface area (Å²) in [5, 5.41) is 0. The van der Waals surface area contributed by atoms with E-state index in [0.29, 0.717) is 6.42 Å². The van der Waals surface area contributed by atoms with Crippen LogP contribution in [-0.2, 0) is 15.1 Å². The average Bonchev–Trinajstić information content (AvgIpc) is 2.42. The van der Waals surface area contributed by atoms with Gasteiger partial charge in [-0.3, -0.25) is 0 Å². The molecule has 25 heavy (non-hydrogen) atoms. The summed E-state index contributed by atoms with van der Waals surface area (Å²) in [5.74, 6) is 2.85. The highest BCUT2D eigenvalue weighted by Crippen LogP contribution is 2.34. The fourth-order valence-corrected chi connectivity index (χ4v) is 3.08. The van der Waals surface area contributed by atoms with E-state index in [1.54, 1.807) is 0 Å². The normalized spacial score (nSPS) is 14.5. The molecular weight excluding hydrogens is 326 g/mol. The van der Waals surface area contributed by atoms with Crippen molar-refractivity contribution in [2.45, 2.75) is 72.3 Å². The number of carbonyl (C=O) groups is 1. The number of esters is 1. The van der Waals surface area contributed by atoms with Gasteiger partial charge in [0.1, 0.15) is 13.6 Å². The average molecular weight is 360 g/mol. The molecule has 0 heterocycles. The quantitative estimate of drug-likeness (QED) is 0.491. The summed E-state index contributed by atoms with van der Waals surface area (Å²) in [6.07, 6.45) is 0.308. The predicted molar refractivity (Wildman–Crippen MR) is 108 cm³/mol. The Morgan fingerprint density at radius 3 is 2.08 bits per heavy atom. The minimum atomic E-state index is -1.42. The zero-order chi connectivity index (χ0) is 19.5. The monoisotopic (exact) mass is 359 g/mol. The van der Waals surface area contributed by atoms with E-state index in [-0.39, 0.29) is 17.5 Å². The Hall–Kier alpha value is -1.57. The Balaban J connectivity index is 3.22. The molecule has 4 heteroatoms. The van der Waals surface area contributed by atoms with Crippen LogP contribution in [0.25, 0.3) is 0 Å². The number of nitrogens with two attached hydrogens (primary N) is 1. The first-order chi connectivity index (χ1) is 11.2. The summed E-state index contributed by atoms with van der Waals surface area (Å²) in [6, 6.07) is 7.69. The molecule has 0 aliphatic rings. The maximum atomic E-state index is 12.7. The topological polar surface area (TPSA) is 52.3 Å². The Kier molecular flexibility index (Phi) is 6.66. The van der Waals surface area contributed by atoms with E-state index >= 15 is 0 Å². The lowest BCUT2D eigenvalue weighted by Crippen LogP contribution is -2.49. The van der Waals surface area contributed by atoms with Crippen LogP contribution >= 0.6 is 0 Å². The number of hydrogen-bond acceptors (Lipinski definition) is 3. The second-order valence-electron chi connectivity index (χ2n) is 9.24. The van der Waals surface area contributed by atoms with Crippen LogP contribution in [0.15, 0.2) is 24.3 Å². The number of rotatable bonds is 4. The lowest BCUT2D eigenvalue weighted by atomic mass is 9.76. The highest BCUT2D eigenvalue weighted by Gasteiger charge is 2.41. The fourth-order valence-electron chi connectivity index (χ4n) is 2.56. The minimum absolute atomic E-state index is 0.110. The van der Waals surface area contributed by atoms with Gasteiger partial charge in [0, 0.05) is 5.56 Å². The maximum Gasteiger partial charge on any atom is 0.331 e. The molecular formula is C21H33NO2Si. The van der Waals surface area contributed by atoms with Crippen molar-refractivity contribution in [2.24, 2.45) is 11.1 Å². The van der Waals surface area contributed by atoms with Crippen molar-refractivity contribution in [3.05, 3.63) is 35.4 Å². The summed E-state index contributed by atoms with van der Waals surface area (Å²) in [7, 11) is -1.42. The van der Waals surface area contributed by atoms with Crippen LogP contribution in [0.1, 0.15) is 52.2 Å². The molecule has 0 saturated heterocycles. The van der Waals surface area contributed by atoms with Crippen LogP contribution in [0.3, 0.4) is 0 Å². The Morgan fingerprint density at radius 1 is 1.16 bits per heavy atom. The molecule has 1 atom stereocenters. The van der Waals surface area contributed by atoms with Gasteiger partial charge in [0.05, 0.1) is 6.10 Å². The van der Waals surface area contributed by atoms with E-state index in [1.807, 2.05) is 38.1 Å². The Morgan fingerprint density at radius 2 is 1.68 bits per heavy atom. The lowest BCUT2D eigenvalue weighted by Gasteiger charge is -2.34. The maximum absolute atomic E-state index is 12.7. The van der Waals surface area contributed by atoms with Crippen LogP contribution in [0, 0.1) is 16.9 Å². The molecule has 0 aromatic heterocycles. The molecule has 1 aromatic rings. The van der Waals surface area contributed by atoms with E-state index in [4.69, 9.17) is 10.5 Å². The van der Waals surface area contributed by atoms with Gasteiger partial charge >= 0.3 is 5.97 Å². The van der Waals surface area contributed by atoms with Crippen molar-refractivity contribution >= 4 is 14.0 Å². The molecule has 0 fully saturated rings. The number of benzene rings is 1. The zero-order valence-electron chi connectivity index (χ0n) is 17.0. The van der Waals surface area contributed by atoms with Crippen molar-refractivity contribution in [1.29, 1.82) is 0 Å². The van der Waals surface area contributed by atoms with Gasteiger partial charge in [-0.1, -0.05) is 58.5 Å². The van der Waals surface area contributed by atoms with Crippen LogP contribution in [-0.4, -0.2) is 20.1 Å². The molecule has 0 saturated carbocycles. The van der Waals surface area contributed by atoms with E-state index in [0.717, 1.165) is 11.1 Å². The molecule has 0 radical (unpaired) electrons. The van der Waals surface area contributed by atoms with Gasteiger partial charge in [-0.2, -0.15) is 0 Å². The van der Waals surface area contributed by atoms with Gasteiger partial charge in [0.15, 0.2) is 0 Å². The fraction of sp³-hybridized carbons (Fsp3) is 0.571. The van der Waals surface area contributed by atoms with Crippen LogP contribution in [0.4, 0.5) is 0 Å². The standard InChI is InChI=1S/C21H33NO2Si/c1-16(2)24-19(23)21(22,15-20(3,4)5)18-11-9-17(10-12-18)13-14-25(6,7)8/h9-12,16H,15,22H2,1-8H3. The minimum Gasteiger partial charge on any atom is -0.461 e. The molecule has 1 unspecified atom stereocenters. The second-order valence-corrected chi connectivity index (χ2v) is 14.0. The molecule has 1 rings (SSSR count). The van der Waals surface area contributed by atoms with Crippen molar-refractivity contribution in [1.82, 2.24) is 0 Å². The Labute approximate surface area is 154 Å². The molecule has 0 aliphatic heterocycles. The van der Waals surface area contributed by atoms with E-state index in [9.17, 15) is 4.79 Å². The van der Waals surface area contributed by atoms with Crippen molar-refractivity contribution in [3.63, 3.8) is 0 Å². The summed E-state index contributed by atoms with van der Waals surface area (Å²) in [6.45, 7) is 16.5. The molecule has 0 aliphatic carbocycles. The molecule has 2 N–H and O–H groups in total. The van der Waals surface area contributed by atoms with Gasteiger partial charge in [-0.05, 0) is 43.4 Å². The van der Waals surface area contributed by atoms with Crippen LogP contribution < -0.4 is 5.73 Å². The van der Waals surface area contributed by atoms with Crippen LogP contribution in [0.5, 0.6) is 0 Å². The van der Waals surface area contributed by atoms with Crippen LogP contribution in [0.2, 0.25) is 19.6 Å². The number of carbonyl (C=O) groups excluding carboxylic acids is 1. The first-order valence-electron chi connectivity index (χ1n) is 8.87. The summed E-state index contributed by atoms with van der Waals surface area (Å²) < 4.78 is 5.45. The third kappa shape index (κ3) is 7.05. The molecule has 3 nitrogen and oxygen atoms in total. The van der Waals surface area contributed by atoms with Gasteiger partial charge in [0.25, 0.3) is 0 Å². The van der Waals surface area contributed by atoms with Crippen molar-refractivity contribution in [3.8, 4) is 11.5 Å². The third-order valence-electron chi connectivity index (χ3n) is 3.50. The molecule has 0 bridgehead atoms. The van der Waals surface area contributed by atoms with E-state index in [2.05, 4.69) is 51.9 Å². The smallest absolute Gasteiger partial charge is 0.331 e. The molecule has 138 valence electrons. The van der Waals surface area contributed by atoms with E-state index < -0.39 is 13.6 Å². The van der Waals surface area contributed by atoms with E-state index in [1.165, 1.54) is 0 Å². The summed E-state index contributed by atoms with van der Waals surface area (Å²) in [5.41, 5.74) is 10.4. The van der Waals surface area contributed by atoms with Crippen molar-refractivity contribution in [2.75, 3.05) is 0 Å². The first-order valence-corrected chi connectivity index (χ1v) is 12.4.